The van der Waals surface area contributed by atoms with Gasteiger partial charge in [0.05, 0.1) is 17.6 Å². The lowest BCUT2D eigenvalue weighted by molar-refractivity contribution is 0.144. The average molecular weight is 345 g/mol. The quantitative estimate of drug-likeness (QED) is 0.737. The molecule has 2 aromatic carbocycles. The zero-order valence-corrected chi connectivity index (χ0v) is 15.3. The number of hydrogen-bond donors (Lipinski definition) is 1. The largest absolute Gasteiger partial charge is 0.341 e. The topological polar surface area (TPSA) is 31.9 Å². The number of nitrogens with one attached hydrogen (secondary N) is 1. The summed E-state index contributed by atoms with van der Waals surface area (Å²) in [7, 11) is 0. The highest BCUT2D eigenvalue weighted by molar-refractivity contribution is 5.74. The Bertz CT molecular complexity index is 836. The highest BCUT2D eigenvalue weighted by Crippen LogP contribution is 2.40. The number of H-pyrrole nitrogens is 1. The third kappa shape index (κ3) is 3.16. The van der Waals surface area contributed by atoms with Gasteiger partial charge in [0.25, 0.3) is 0 Å². The number of hydrogen-bond acceptors (Lipinski definition) is 2. The summed E-state index contributed by atoms with van der Waals surface area (Å²) < 4.78 is 0. The molecule has 2 heterocycles. The Morgan fingerprint density at radius 3 is 2.69 bits per heavy atom. The third-order valence-corrected chi connectivity index (χ3v) is 6.47. The van der Waals surface area contributed by atoms with Crippen molar-refractivity contribution in [2.75, 3.05) is 6.54 Å². The van der Waals surface area contributed by atoms with Gasteiger partial charge in [0.15, 0.2) is 0 Å². The molecule has 2 fully saturated rings. The van der Waals surface area contributed by atoms with Crippen molar-refractivity contribution < 1.29 is 0 Å². The Hall–Kier alpha value is -2.13. The molecule has 2 aliphatic rings. The Morgan fingerprint density at radius 1 is 0.962 bits per heavy atom. The summed E-state index contributed by atoms with van der Waals surface area (Å²) in [5.41, 5.74) is 3.75. The lowest BCUT2D eigenvalue weighted by Crippen LogP contribution is -2.37. The van der Waals surface area contributed by atoms with Crippen LogP contribution >= 0.6 is 0 Å². The van der Waals surface area contributed by atoms with Crippen LogP contribution in [0.2, 0.25) is 0 Å². The zero-order chi connectivity index (χ0) is 17.3. The first kappa shape index (κ1) is 16.1. The number of benzene rings is 2. The van der Waals surface area contributed by atoms with Crippen LogP contribution < -0.4 is 0 Å². The summed E-state index contributed by atoms with van der Waals surface area (Å²) >= 11 is 0. The first-order chi connectivity index (χ1) is 12.8. The van der Waals surface area contributed by atoms with Crippen molar-refractivity contribution in [3.8, 4) is 0 Å². The van der Waals surface area contributed by atoms with Crippen molar-refractivity contribution in [2.45, 2.75) is 44.7 Å². The van der Waals surface area contributed by atoms with Crippen molar-refractivity contribution in [3.63, 3.8) is 0 Å². The van der Waals surface area contributed by atoms with Gasteiger partial charge >= 0.3 is 0 Å². The van der Waals surface area contributed by atoms with Crippen molar-refractivity contribution in [2.24, 2.45) is 11.8 Å². The molecular formula is C23H27N3. The van der Waals surface area contributed by atoms with E-state index in [1.54, 1.807) is 0 Å². The van der Waals surface area contributed by atoms with Crippen LogP contribution in [0.3, 0.4) is 0 Å². The van der Waals surface area contributed by atoms with Crippen LogP contribution in [0, 0.1) is 11.8 Å². The van der Waals surface area contributed by atoms with E-state index in [9.17, 15) is 0 Å². The SMILES string of the molecule is c1ccc(C[C@@H]2CC[C@@H]3[C@@H](CCN3Cc3nc4ccccc4[nH]3)C2)cc1. The number of aromatic nitrogens is 2. The summed E-state index contributed by atoms with van der Waals surface area (Å²) in [6.07, 6.45) is 6.73. The number of imidazole rings is 1. The molecule has 1 N–H and O–H groups in total. The van der Waals surface area contributed by atoms with Gasteiger partial charge in [0, 0.05) is 6.04 Å². The molecule has 3 atom stereocenters. The van der Waals surface area contributed by atoms with E-state index in [1.807, 2.05) is 0 Å². The Balaban J connectivity index is 1.23. The number of para-hydroxylation sites is 2. The minimum atomic E-state index is 0.759. The highest BCUT2D eigenvalue weighted by Gasteiger charge is 2.38. The van der Waals surface area contributed by atoms with Gasteiger partial charge in [0.1, 0.15) is 5.82 Å². The summed E-state index contributed by atoms with van der Waals surface area (Å²) in [5.74, 6) is 2.87. The van der Waals surface area contributed by atoms with Crippen LogP contribution in [-0.4, -0.2) is 27.5 Å². The fourth-order valence-corrected chi connectivity index (χ4v) is 5.24. The smallest absolute Gasteiger partial charge is 0.121 e. The number of fused-ring (bicyclic) bond motifs is 2. The van der Waals surface area contributed by atoms with Gasteiger partial charge in [-0.1, -0.05) is 42.5 Å². The van der Waals surface area contributed by atoms with Gasteiger partial charge in [-0.3, -0.25) is 4.90 Å². The van der Waals surface area contributed by atoms with E-state index in [4.69, 9.17) is 4.98 Å². The van der Waals surface area contributed by atoms with Gasteiger partial charge in [-0.05, 0) is 68.2 Å². The fraction of sp³-hybridized carbons (Fsp3) is 0.435. The summed E-state index contributed by atoms with van der Waals surface area (Å²) in [6.45, 7) is 2.20. The molecule has 0 spiro atoms. The van der Waals surface area contributed by atoms with Crippen LogP contribution in [0.4, 0.5) is 0 Å². The minimum Gasteiger partial charge on any atom is -0.341 e. The molecule has 0 bridgehead atoms. The van der Waals surface area contributed by atoms with Gasteiger partial charge in [-0.15, -0.1) is 0 Å². The molecule has 0 amide bonds. The molecule has 26 heavy (non-hydrogen) atoms. The summed E-state index contributed by atoms with van der Waals surface area (Å²) in [6, 6.07) is 20.1. The second-order valence-electron chi connectivity index (χ2n) is 8.16. The Morgan fingerprint density at radius 2 is 1.81 bits per heavy atom. The monoisotopic (exact) mass is 345 g/mol. The summed E-state index contributed by atoms with van der Waals surface area (Å²) in [4.78, 5) is 11.0. The fourth-order valence-electron chi connectivity index (χ4n) is 5.24. The molecule has 3 aromatic rings. The molecule has 1 aliphatic heterocycles. The molecular weight excluding hydrogens is 318 g/mol. The molecule has 0 unspecified atom stereocenters. The zero-order valence-electron chi connectivity index (χ0n) is 15.3. The predicted octanol–water partition coefficient (Wildman–Crippen LogP) is 4.80. The van der Waals surface area contributed by atoms with E-state index in [1.165, 1.54) is 44.2 Å². The number of aromatic amines is 1. The van der Waals surface area contributed by atoms with E-state index < -0.39 is 0 Å². The molecule has 1 saturated carbocycles. The minimum absolute atomic E-state index is 0.759. The number of nitrogens with zero attached hydrogens (tertiary/aromatic N) is 2. The molecule has 3 heteroatoms. The van der Waals surface area contributed by atoms with Gasteiger partial charge in [0.2, 0.25) is 0 Å². The first-order valence-electron chi connectivity index (χ1n) is 10.1. The van der Waals surface area contributed by atoms with Crippen LogP contribution in [-0.2, 0) is 13.0 Å². The van der Waals surface area contributed by atoms with Crippen LogP contribution in [0.15, 0.2) is 54.6 Å². The predicted molar refractivity (Wildman–Crippen MR) is 106 cm³/mol. The third-order valence-electron chi connectivity index (χ3n) is 6.47. The van der Waals surface area contributed by atoms with Crippen molar-refractivity contribution >= 4 is 11.0 Å². The normalized spacial score (nSPS) is 26.2. The molecule has 134 valence electrons. The van der Waals surface area contributed by atoms with Gasteiger partial charge < -0.3 is 4.98 Å². The van der Waals surface area contributed by atoms with E-state index in [-0.39, 0.29) is 0 Å². The Labute approximate surface area is 155 Å². The Kier molecular flexibility index (Phi) is 4.25. The average Bonchev–Trinajstić information content (AvgIpc) is 3.26. The van der Waals surface area contributed by atoms with E-state index in [2.05, 4.69) is 64.5 Å². The first-order valence-corrected chi connectivity index (χ1v) is 10.1. The highest BCUT2D eigenvalue weighted by atomic mass is 15.2. The molecule has 0 radical (unpaired) electrons. The van der Waals surface area contributed by atoms with Crippen molar-refractivity contribution in [1.82, 2.24) is 14.9 Å². The van der Waals surface area contributed by atoms with Crippen molar-refractivity contribution in [3.05, 3.63) is 66.0 Å². The lowest BCUT2D eigenvalue weighted by Gasteiger charge is -2.35. The van der Waals surface area contributed by atoms with Gasteiger partial charge in [-0.25, -0.2) is 4.98 Å². The van der Waals surface area contributed by atoms with Crippen LogP contribution in [0.25, 0.3) is 11.0 Å². The maximum Gasteiger partial charge on any atom is 0.121 e. The standard InChI is InChI=1S/C23H27N3/c1-2-6-17(7-3-1)14-18-10-11-22-19(15-18)12-13-26(22)16-23-24-20-8-4-5-9-21(20)25-23/h1-9,18-19,22H,10-16H2,(H,24,25)/t18-,19-,22+/m0/s1. The van der Waals surface area contributed by atoms with Crippen LogP contribution in [0.1, 0.15) is 37.1 Å². The summed E-state index contributed by atoms with van der Waals surface area (Å²) in [5, 5.41) is 0. The van der Waals surface area contributed by atoms with E-state index >= 15 is 0 Å². The molecule has 3 nitrogen and oxygen atoms in total. The number of likely N-dealkylation sites (tertiary alicyclic amines) is 1. The molecule has 5 rings (SSSR count). The lowest BCUT2D eigenvalue weighted by atomic mass is 9.76. The van der Waals surface area contributed by atoms with Crippen molar-refractivity contribution in [1.29, 1.82) is 0 Å². The molecule has 1 aliphatic carbocycles. The molecule has 1 saturated heterocycles. The molecule has 1 aromatic heterocycles. The maximum absolute atomic E-state index is 4.79. The van der Waals surface area contributed by atoms with E-state index in [0.29, 0.717) is 0 Å². The second kappa shape index (κ2) is 6.88. The maximum atomic E-state index is 4.79. The number of rotatable bonds is 4. The van der Waals surface area contributed by atoms with E-state index in [0.717, 1.165) is 41.3 Å². The van der Waals surface area contributed by atoms with Gasteiger partial charge in [-0.2, -0.15) is 0 Å². The second-order valence-corrected chi connectivity index (χ2v) is 8.16. The van der Waals surface area contributed by atoms with Crippen LogP contribution in [0.5, 0.6) is 0 Å².